The van der Waals surface area contributed by atoms with Crippen molar-refractivity contribution < 1.29 is 9.63 Å². The second kappa shape index (κ2) is 2.91. The van der Waals surface area contributed by atoms with Gasteiger partial charge >= 0.3 is 0 Å². The van der Waals surface area contributed by atoms with E-state index in [1.165, 1.54) is 7.11 Å². The highest BCUT2D eigenvalue weighted by Crippen LogP contribution is 2.06. The van der Waals surface area contributed by atoms with Crippen LogP contribution < -0.4 is 5.48 Å². The normalized spacial score (nSPS) is 10.5. The van der Waals surface area contributed by atoms with Gasteiger partial charge in [-0.15, -0.1) is 0 Å². The van der Waals surface area contributed by atoms with Gasteiger partial charge in [-0.05, 0) is 0 Å². The van der Waals surface area contributed by atoms with E-state index in [0.717, 1.165) is 0 Å². The van der Waals surface area contributed by atoms with Crippen LogP contribution in [-0.4, -0.2) is 27.6 Å². The molecular formula is C7H8N4O2. The number of carbonyl (C=O) groups excluding carboxylic acids is 1. The van der Waals surface area contributed by atoms with E-state index in [1.807, 2.05) is 0 Å². The fourth-order valence-corrected chi connectivity index (χ4v) is 1.12. The zero-order valence-electron chi connectivity index (χ0n) is 6.94. The highest BCUT2D eigenvalue weighted by molar-refractivity contribution is 5.98. The van der Waals surface area contributed by atoms with Crippen LogP contribution in [-0.2, 0) is 4.84 Å². The first-order valence-corrected chi connectivity index (χ1v) is 3.66. The number of aromatic nitrogens is 3. The van der Waals surface area contributed by atoms with Gasteiger partial charge in [0.15, 0.2) is 5.65 Å². The standard InChI is InChI=1S/C7H8N4O2/c1-13-10-7(12)5-4-9-11-3-2-8-6(5)11/h2-4,9H,1H3,(H,10,12). The highest BCUT2D eigenvalue weighted by atomic mass is 16.6. The van der Waals surface area contributed by atoms with Crippen molar-refractivity contribution >= 4 is 11.6 Å². The van der Waals surface area contributed by atoms with E-state index < -0.39 is 0 Å². The molecule has 0 aromatic carbocycles. The lowest BCUT2D eigenvalue weighted by Gasteiger charge is -1.96. The monoisotopic (exact) mass is 180 g/mol. The van der Waals surface area contributed by atoms with E-state index in [1.54, 1.807) is 23.1 Å². The maximum Gasteiger partial charge on any atom is 0.280 e. The lowest BCUT2D eigenvalue weighted by Crippen LogP contribution is -2.21. The van der Waals surface area contributed by atoms with Crippen LogP contribution in [0.2, 0.25) is 0 Å². The van der Waals surface area contributed by atoms with Crippen LogP contribution in [0.3, 0.4) is 0 Å². The molecular weight excluding hydrogens is 172 g/mol. The molecule has 0 aliphatic carbocycles. The topological polar surface area (TPSA) is 71.4 Å². The number of fused-ring (bicyclic) bond motifs is 1. The van der Waals surface area contributed by atoms with Gasteiger partial charge in [-0.25, -0.2) is 15.0 Å². The van der Waals surface area contributed by atoms with E-state index in [4.69, 9.17) is 0 Å². The lowest BCUT2D eigenvalue weighted by atomic mass is 10.3. The minimum atomic E-state index is -0.319. The Morgan fingerprint density at radius 2 is 2.62 bits per heavy atom. The molecule has 2 aromatic rings. The molecule has 0 aliphatic rings. The van der Waals surface area contributed by atoms with Crippen molar-refractivity contribution in [3.05, 3.63) is 24.2 Å². The van der Waals surface area contributed by atoms with Gasteiger partial charge in [-0.1, -0.05) is 0 Å². The molecule has 0 radical (unpaired) electrons. The van der Waals surface area contributed by atoms with E-state index in [2.05, 4.69) is 20.4 Å². The predicted octanol–water partition coefficient (Wildman–Crippen LogP) is -0.0464. The maximum atomic E-state index is 11.3. The highest BCUT2D eigenvalue weighted by Gasteiger charge is 2.12. The Labute approximate surface area is 73.5 Å². The van der Waals surface area contributed by atoms with Crippen molar-refractivity contribution in [3.63, 3.8) is 0 Å². The summed E-state index contributed by atoms with van der Waals surface area (Å²) in [4.78, 5) is 19.8. The third kappa shape index (κ3) is 1.17. The van der Waals surface area contributed by atoms with Gasteiger partial charge < -0.3 is 0 Å². The Bertz CT molecular complexity index is 430. The quantitative estimate of drug-likeness (QED) is 0.636. The number of hydroxylamine groups is 1. The Morgan fingerprint density at radius 1 is 1.77 bits per heavy atom. The summed E-state index contributed by atoms with van der Waals surface area (Å²) in [5.74, 6) is -0.319. The van der Waals surface area contributed by atoms with Crippen molar-refractivity contribution in [1.29, 1.82) is 0 Å². The fourth-order valence-electron chi connectivity index (χ4n) is 1.12. The van der Waals surface area contributed by atoms with E-state index in [0.29, 0.717) is 11.2 Å². The van der Waals surface area contributed by atoms with Crippen molar-refractivity contribution in [2.24, 2.45) is 0 Å². The lowest BCUT2D eigenvalue weighted by molar-refractivity contribution is 0.0539. The van der Waals surface area contributed by atoms with Crippen LogP contribution in [0, 0.1) is 0 Å². The van der Waals surface area contributed by atoms with Crippen LogP contribution in [0.1, 0.15) is 10.4 Å². The summed E-state index contributed by atoms with van der Waals surface area (Å²) in [5, 5.41) is 2.85. The number of nitrogens with one attached hydrogen (secondary N) is 2. The first-order chi connectivity index (χ1) is 6.33. The molecule has 6 nitrogen and oxygen atoms in total. The zero-order chi connectivity index (χ0) is 9.26. The molecule has 0 saturated heterocycles. The molecule has 0 fully saturated rings. The third-order valence-corrected chi connectivity index (χ3v) is 1.67. The average Bonchev–Trinajstić information content (AvgIpc) is 2.62. The summed E-state index contributed by atoms with van der Waals surface area (Å²) in [6.07, 6.45) is 4.89. The summed E-state index contributed by atoms with van der Waals surface area (Å²) in [6, 6.07) is 0. The van der Waals surface area contributed by atoms with Crippen LogP contribution in [0.25, 0.3) is 5.65 Å². The van der Waals surface area contributed by atoms with Crippen molar-refractivity contribution in [2.75, 3.05) is 7.11 Å². The smallest absolute Gasteiger partial charge is 0.280 e. The number of nitrogens with zero attached hydrogens (tertiary/aromatic N) is 2. The molecule has 1 amide bonds. The molecule has 2 rings (SSSR count). The second-order valence-corrected chi connectivity index (χ2v) is 2.44. The zero-order valence-corrected chi connectivity index (χ0v) is 6.94. The predicted molar refractivity (Wildman–Crippen MR) is 44.0 cm³/mol. The third-order valence-electron chi connectivity index (χ3n) is 1.67. The Hall–Kier alpha value is -1.82. The number of hydrogen-bond acceptors (Lipinski definition) is 3. The Balaban J connectivity index is 2.42. The molecule has 0 bridgehead atoms. The van der Waals surface area contributed by atoms with Gasteiger partial charge in [0.25, 0.3) is 5.91 Å². The number of aromatic amines is 1. The molecule has 0 spiro atoms. The van der Waals surface area contributed by atoms with Gasteiger partial charge in [0, 0.05) is 18.6 Å². The molecule has 0 aliphatic heterocycles. The van der Waals surface area contributed by atoms with E-state index in [9.17, 15) is 4.79 Å². The summed E-state index contributed by atoms with van der Waals surface area (Å²) < 4.78 is 1.64. The molecule has 2 N–H and O–H groups in total. The van der Waals surface area contributed by atoms with Gasteiger partial charge in [-0.3, -0.25) is 14.7 Å². The number of amides is 1. The molecule has 68 valence electrons. The molecule has 6 heteroatoms. The number of carbonyl (C=O) groups is 1. The van der Waals surface area contributed by atoms with Crippen LogP contribution in [0.5, 0.6) is 0 Å². The molecule has 0 saturated carbocycles. The largest absolute Gasteiger partial charge is 0.299 e. The molecule has 0 unspecified atom stereocenters. The fraction of sp³-hybridized carbons (Fsp3) is 0.143. The average molecular weight is 180 g/mol. The summed E-state index contributed by atoms with van der Waals surface area (Å²) >= 11 is 0. The maximum absolute atomic E-state index is 11.3. The van der Waals surface area contributed by atoms with E-state index >= 15 is 0 Å². The van der Waals surface area contributed by atoms with Gasteiger partial charge in [0.2, 0.25) is 0 Å². The molecule has 0 atom stereocenters. The first-order valence-electron chi connectivity index (χ1n) is 3.66. The van der Waals surface area contributed by atoms with Crippen molar-refractivity contribution in [2.45, 2.75) is 0 Å². The SMILES string of the molecule is CONC(=O)c1c[nH]n2ccnc12. The van der Waals surface area contributed by atoms with Crippen LogP contribution >= 0.6 is 0 Å². The second-order valence-electron chi connectivity index (χ2n) is 2.44. The summed E-state index contributed by atoms with van der Waals surface area (Å²) in [7, 11) is 1.38. The van der Waals surface area contributed by atoms with Gasteiger partial charge in [0.05, 0.1) is 7.11 Å². The number of rotatable bonds is 2. The number of imidazole rings is 1. The van der Waals surface area contributed by atoms with Gasteiger partial charge in [0.1, 0.15) is 5.56 Å². The minimum absolute atomic E-state index is 0.319. The first kappa shape index (κ1) is 7.81. The molecule has 13 heavy (non-hydrogen) atoms. The Morgan fingerprint density at radius 3 is 3.38 bits per heavy atom. The Kier molecular flexibility index (Phi) is 1.75. The van der Waals surface area contributed by atoms with Gasteiger partial charge in [-0.2, -0.15) is 0 Å². The van der Waals surface area contributed by atoms with Crippen LogP contribution in [0.4, 0.5) is 0 Å². The van der Waals surface area contributed by atoms with E-state index in [-0.39, 0.29) is 5.91 Å². The summed E-state index contributed by atoms with van der Waals surface area (Å²) in [6.45, 7) is 0. The van der Waals surface area contributed by atoms with Crippen molar-refractivity contribution in [3.8, 4) is 0 Å². The minimum Gasteiger partial charge on any atom is -0.299 e. The summed E-state index contributed by atoms with van der Waals surface area (Å²) in [5.41, 5.74) is 3.25. The molecule has 2 aromatic heterocycles. The van der Waals surface area contributed by atoms with Crippen molar-refractivity contribution in [1.82, 2.24) is 20.1 Å². The molecule has 2 heterocycles. The number of hydrogen-bond donors (Lipinski definition) is 2. The number of H-pyrrole nitrogens is 1. The van der Waals surface area contributed by atoms with Crippen LogP contribution in [0.15, 0.2) is 18.6 Å².